The molecule has 0 radical (unpaired) electrons. The number of aryl methyl sites for hydroxylation is 1. The van der Waals surface area contributed by atoms with Crippen LogP contribution in [0.2, 0.25) is 0 Å². The van der Waals surface area contributed by atoms with Gasteiger partial charge in [-0.2, -0.15) is 13.2 Å². The highest BCUT2D eigenvalue weighted by molar-refractivity contribution is 5.96. The molecule has 0 aliphatic rings. The van der Waals surface area contributed by atoms with Crippen LogP contribution in [0, 0.1) is 0 Å². The van der Waals surface area contributed by atoms with E-state index in [-0.39, 0.29) is 24.0 Å². The third kappa shape index (κ3) is 7.10. The van der Waals surface area contributed by atoms with Gasteiger partial charge in [-0.05, 0) is 60.4 Å². The number of hydrogen-bond donors (Lipinski definition) is 2. The first-order chi connectivity index (χ1) is 15.7. The topological polar surface area (TPSA) is 75.6 Å². The predicted molar refractivity (Wildman–Crippen MR) is 116 cm³/mol. The summed E-state index contributed by atoms with van der Waals surface area (Å²) in [5.74, 6) is -1.14. The first-order valence-electron chi connectivity index (χ1n) is 10.2. The van der Waals surface area contributed by atoms with E-state index in [1.807, 2.05) is 6.07 Å². The fourth-order valence-electron chi connectivity index (χ4n) is 3.31. The van der Waals surface area contributed by atoms with Crippen molar-refractivity contribution in [1.29, 1.82) is 0 Å². The molecule has 0 fully saturated rings. The second-order valence-corrected chi connectivity index (χ2v) is 7.36. The molecule has 0 bridgehead atoms. The van der Waals surface area contributed by atoms with Gasteiger partial charge in [0.2, 0.25) is 0 Å². The fraction of sp³-hybridized carbons (Fsp3) is 0.200. The Morgan fingerprint density at radius 3 is 2.15 bits per heavy atom. The van der Waals surface area contributed by atoms with Crippen LogP contribution in [0.15, 0.2) is 78.9 Å². The summed E-state index contributed by atoms with van der Waals surface area (Å²) < 4.78 is 43.7. The number of carbonyl (C=O) groups is 2. The second kappa shape index (κ2) is 10.7. The van der Waals surface area contributed by atoms with Crippen molar-refractivity contribution >= 4 is 11.9 Å². The van der Waals surface area contributed by atoms with E-state index >= 15 is 0 Å². The minimum atomic E-state index is -4.32. The third-order valence-electron chi connectivity index (χ3n) is 4.87. The number of rotatable bonds is 9. The number of para-hydroxylation sites is 1. The number of benzene rings is 3. The minimum Gasteiger partial charge on any atom is -0.479 e. The molecule has 1 unspecified atom stereocenters. The lowest BCUT2D eigenvalue weighted by Gasteiger charge is -2.20. The van der Waals surface area contributed by atoms with E-state index in [4.69, 9.17) is 4.74 Å². The summed E-state index contributed by atoms with van der Waals surface area (Å²) in [5, 5.41) is 12.3. The van der Waals surface area contributed by atoms with Gasteiger partial charge in [-0.1, -0.05) is 42.5 Å². The lowest BCUT2D eigenvalue weighted by atomic mass is 9.95. The van der Waals surface area contributed by atoms with E-state index < -0.39 is 30.5 Å². The molecule has 0 spiro atoms. The van der Waals surface area contributed by atoms with Gasteiger partial charge in [0.05, 0.1) is 0 Å². The van der Waals surface area contributed by atoms with Crippen molar-refractivity contribution in [3.63, 3.8) is 0 Å². The molecule has 3 rings (SSSR count). The highest BCUT2D eigenvalue weighted by Crippen LogP contribution is 2.30. The minimum absolute atomic E-state index is 0.00848. The van der Waals surface area contributed by atoms with Crippen molar-refractivity contribution in [3.8, 4) is 11.5 Å². The molecule has 0 heterocycles. The van der Waals surface area contributed by atoms with Crippen LogP contribution in [0.25, 0.3) is 0 Å². The van der Waals surface area contributed by atoms with Crippen molar-refractivity contribution in [3.05, 3.63) is 95.6 Å². The number of halogens is 3. The van der Waals surface area contributed by atoms with E-state index in [1.54, 1.807) is 48.5 Å². The number of carboxylic acid groups (broad SMARTS) is 1. The van der Waals surface area contributed by atoms with Crippen LogP contribution in [-0.4, -0.2) is 23.2 Å². The maximum Gasteiger partial charge on any atom is 0.389 e. The van der Waals surface area contributed by atoms with Gasteiger partial charge in [0, 0.05) is 12.0 Å². The standard InChI is InChI=1S/C25H22F3NO4/c26-25(27,28)15-7-10-17-13-14-20(33-19-11-5-2-6-12-19)16-21(17)22(24(31)32)29-23(30)18-8-3-1-4-9-18/h1-6,8-9,11-14,16,22H,7,10,15H2,(H,29,30)(H,31,32). The molecule has 0 aromatic heterocycles. The monoisotopic (exact) mass is 457 g/mol. The maximum absolute atomic E-state index is 12.6. The number of carboxylic acids is 1. The molecule has 1 amide bonds. The van der Waals surface area contributed by atoms with Gasteiger partial charge in [-0.15, -0.1) is 0 Å². The Balaban J connectivity index is 1.92. The van der Waals surface area contributed by atoms with Crippen LogP contribution in [0.1, 0.15) is 40.4 Å². The second-order valence-electron chi connectivity index (χ2n) is 7.36. The molecule has 1 atom stereocenters. The summed E-state index contributed by atoms with van der Waals surface area (Å²) in [6.07, 6.45) is -5.53. The molecule has 8 heteroatoms. The molecule has 3 aromatic rings. The summed E-state index contributed by atoms with van der Waals surface area (Å²) in [7, 11) is 0. The normalized spacial score (nSPS) is 12.1. The average molecular weight is 457 g/mol. The van der Waals surface area contributed by atoms with Gasteiger partial charge in [-0.3, -0.25) is 4.79 Å². The van der Waals surface area contributed by atoms with Crippen LogP contribution in [0.4, 0.5) is 13.2 Å². The zero-order chi connectivity index (χ0) is 23.8. The van der Waals surface area contributed by atoms with Crippen LogP contribution in [-0.2, 0) is 11.2 Å². The van der Waals surface area contributed by atoms with E-state index in [0.717, 1.165) is 0 Å². The summed E-state index contributed by atoms with van der Waals surface area (Å²) in [5.41, 5.74) is 0.821. The molecule has 0 saturated carbocycles. The van der Waals surface area contributed by atoms with E-state index in [1.165, 1.54) is 24.3 Å². The van der Waals surface area contributed by atoms with Crippen LogP contribution >= 0.6 is 0 Å². The fourth-order valence-corrected chi connectivity index (χ4v) is 3.31. The quantitative estimate of drug-likeness (QED) is 0.418. The van der Waals surface area contributed by atoms with Crippen LogP contribution in [0.5, 0.6) is 11.5 Å². The molecule has 0 saturated heterocycles. The summed E-state index contributed by atoms with van der Waals surface area (Å²) in [6, 6.07) is 19.9. The van der Waals surface area contributed by atoms with Crippen molar-refractivity contribution in [2.24, 2.45) is 0 Å². The molecular weight excluding hydrogens is 435 g/mol. The summed E-state index contributed by atoms with van der Waals surface area (Å²) >= 11 is 0. The summed E-state index contributed by atoms with van der Waals surface area (Å²) in [6.45, 7) is 0. The van der Waals surface area contributed by atoms with Gasteiger partial charge in [0.1, 0.15) is 11.5 Å². The van der Waals surface area contributed by atoms with Crippen molar-refractivity contribution < 1.29 is 32.6 Å². The van der Waals surface area contributed by atoms with Crippen molar-refractivity contribution in [2.75, 3.05) is 0 Å². The Labute approximate surface area is 188 Å². The molecule has 3 aromatic carbocycles. The molecule has 33 heavy (non-hydrogen) atoms. The maximum atomic E-state index is 12.6. The largest absolute Gasteiger partial charge is 0.479 e. The van der Waals surface area contributed by atoms with Gasteiger partial charge in [0.25, 0.3) is 5.91 Å². The molecular formula is C25H22F3NO4. The number of amides is 1. The zero-order valence-corrected chi connectivity index (χ0v) is 17.5. The third-order valence-corrected chi connectivity index (χ3v) is 4.87. The number of alkyl halides is 3. The number of aliphatic carboxylic acids is 1. The molecule has 0 aliphatic carbocycles. The Bertz CT molecular complexity index is 1090. The Morgan fingerprint density at radius 1 is 0.909 bits per heavy atom. The van der Waals surface area contributed by atoms with Gasteiger partial charge in [0.15, 0.2) is 6.04 Å². The number of carbonyl (C=O) groups excluding carboxylic acids is 1. The smallest absolute Gasteiger partial charge is 0.389 e. The Hall–Kier alpha value is -3.81. The molecule has 2 N–H and O–H groups in total. The van der Waals surface area contributed by atoms with Crippen molar-refractivity contribution in [1.82, 2.24) is 5.32 Å². The Morgan fingerprint density at radius 2 is 1.55 bits per heavy atom. The highest BCUT2D eigenvalue weighted by atomic mass is 19.4. The van der Waals surface area contributed by atoms with E-state index in [9.17, 15) is 27.9 Å². The molecule has 0 aliphatic heterocycles. The Kier molecular flexibility index (Phi) is 7.71. The highest BCUT2D eigenvalue weighted by Gasteiger charge is 2.28. The average Bonchev–Trinajstić information content (AvgIpc) is 2.78. The van der Waals surface area contributed by atoms with Gasteiger partial charge >= 0.3 is 12.1 Å². The van der Waals surface area contributed by atoms with Gasteiger partial charge in [-0.25, -0.2) is 4.79 Å². The lowest BCUT2D eigenvalue weighted by molar-refractivity contribution is -0.139. The lowest BCUT2D eigenvalue weighted by Crippen LogP contribution is -2.34. The molecule has 5 nitrogen and oxygen atoms in total. The first kappa shape index (κ1) is 23.8. The van der Waals surface area contributed by atoms with Gasteiger partial charge < -0.3 is 15.2 Å². The first-order valence-corrected chi connectivity index (χ1v) is 10.2. The number of nitrogens with one attached hydrogen (secondary N) is 1. The SMILES string of the molecule is O=C(NC(C(=O)O)c1cc(Oc2ccccc2)ccc1CCCC(F)(F)F)c1ccccc1. The van der Waals surface area contributed by atoms with E-state index in [2.05, 4.69) is 5.32 Å². The van der Waals surface area contributed by atoms with Crippen LogP contribution < -0.4 is 10.1 Å². The predicted octanol–water partition coefficient (Wildman–Crippen LogP) is 5.92. The summed E-state index contributed by atoms with van der Waals surface area (Å²) in [4.78, 5) is 24.7. The zero-order valence-electron chi connectivity index (χ0n) is 17.5. The van der Waals surface area contributed by atoms with E-state index in [0.29, 0.717) is 17.1 Å². The molecule has 172 valence electrons. The van der Waals surface area contributed by atoms with Crippen molar-refractivity contribution in [2.45, 2.75) is 31.5 Å². The van der Waals surface area contributed by atoms with Crippen LogP contribution in [0.3, 0.4) is 0 Å². The number of ether oxygens (including phenoxy) is 1. The number of hydrogen-bond acceptors (Lipinski definition) is 3.